The predicted octanol–water partition coefficient (Wildman–Crippen LogP) is 3.28. The first-order valence-electron chi connectivity index (χ1n) is 9.98. The number of aromatic nitrogens is 4. The van der Waals surface area contributed by atoms with Crippen LogP contribution < -0.4 is 10.6 Å². The first-order chi connectivity index (χ1) is 13.8. The van der Waals surface area contributed by atoms with Crippen molar-refractivity contribution in [2.24, 2.45) is 0 Å². The molecular weight excluding hydrogens is 350 g/mol. The normalized spacial score (nSPS) is 14.8. The summed E-state index contributed by atoms with van der Waals surface area (Å²) in [5, 5.41) is 5.68. The van der Waals surface area contributed by atoms with Crippen LogP contribution in [0.25, 0.3) is 16.6 Å². The minimum atomic E-state index is -0.0723. The van der Waals surface area contributed by atoms with E-state index in [2.05, 4.69) is 22.1 Å². The number of anilines is 1. The van der Waals surface area contributed by atoms with E-state index < -0.39 is 0 Å². The van der Waals surface area contributed by atoms with E-state index in [4.69, 9.17) is 4.98 Å². The highest BCUT2D eigenvalue weighted by Gasteiger charge is 2.17. The van der Waals surface area contributed by atoms with Crippen LogP contribution in [-0.2, 0) is 13.0 Å². The Hall–Kier alpha value is -3.15. The minimum Gasteiger partial charge on any atom is -0.358 e. The van der Waals surface area contributed by atoms with Crippen LogP contribution in [0.5, 0.6) is 0 Å². The summed E-state index contributed by atoms with van der Waals surface area (Å²) in [7, 11) is 0. The Bertz CT molecular complexity index is 1190. The van der Waals surface area contributed by atoms with Crippen molar-refractivity contribution in [2.75, 3.05) is 18.0 Å². The maximum atomic E-state index is 13.0. The van der Waals surface area contributed by atoms with Crippen molar-refractivity contribution in [3.05, 3.63) is 70.8 Å². The number of fused-ring (bicyclic) bond motifs is 2. The molecule has 6 nitrogen and oxygen atoms in total. The van der Waals surface area contributed by atoms with Crippen molar-refractivity contribution in [1.29, 1.82) is 0 Å². The second kappa shape index (κ2) is 7.11. The van der Waals surface area contributed by atoms with Gasteiger partial charge < -0.3 is 4.90 Å². The van der Waals surface area contributed by atoms with Gasteiger partial charge in [-0.25, -0.2) is 13.9 Å². The van der Waals surface area contributed by atoms with Gasteiger partial charge in [0.2, 0.25) is 0 Å². The highest BCUT2D eigenvalue weighted by molar-refractivity contribution is 5.78. The zero-order valence-electron chi connectivity index (χ0n) is 15.8. The summed E-state index contributed by atoms with van der Waals surface area (Å²) in [4.78, 5) is 20.0. The molecule has 0 amide bonds. The number of aryl methyl sites for hydroxylation is 2. The molecule has 0 atom stereocenters. The summed E-state index contributed by atoms with van der Waals surface area (Å²) in [5.41, 5.74) is 2.59. The molecular formula is C22H23N5O. The third-order valence-electron chi connectivity index (χ3n) is 5.50. The highest BCUT2D eigenvalue weighted by atomic mass is 16.2. The van der Waals surface area contributed by atoms with Crippen molar-refractivity contribution in [3.8, 4) is 0 Å². The lowest BCUT2D eigenvalue weighted by atomic mass is 10.1. The van der Waals surface area contributed by atoms with Gasteiger partial charge >= 0.3 is 5.69 Å². The van der Waals surface area contributed by atoms with E-state index in [0.29, 0.717) is 18.6 Å². The Morgan fingerprint density at radius 2 is 1.75 bits per heavy atom. The van der Waals surface area contributed by atoms with Crippen LogP contribution in [0.2, 0.25) is 0 Å². The zero-order valence-corrected chi connectivity index (χ0v) is 15.8. The Morgan fingerprint density at radius 3 is 2.64 bits per heavy atom. The molecule has 28 heavy (non-hydrogen) atoms. The van der Waals surface area contributed by atoms with Crippen LogP contribution in [0.15, 0.2) is 59.4 Å². The molecule has 3 aromatic heterocycles. The molecule has 0 radical (unpaired) electrons. The molecule has 1 aliphatic rings. The first-order valence-corrected chi connectivity index (χ1v) is 9.98. The SMILES string of the molecule is O=c1n(CCc2ccc3ccccc3n2)nc2cccc(N3CCCCC3)n12. The maximum Gasteiger partial charge on any atom is 0.352 e. The van der Waals surface area contributed by atoms with Crippen molar-refractivity contribution in [3.63, 3.8) is 0 Å². The lowest BCUT2D eigenvalue weighted by Gasteiger charge is -2.28. The first kappa shape index (κ1) is 17.0. The monoisotopic (exact) mass is 373 g/mol. The predicted molar refractivity (Wildman–Crippen MR) is 111 cm³/mol. The molecule has 142 valence electrons. The molecule has 6 heteroatoms. The van der Waals surface area contributed by atoms with Gasteiger partial charge in [-0.05, 0) is 43.5 Å². The van der Waals surface area contributed by atoms with Crippen molar-refractivity contribution in [1.82, 2.24) is 19.2 Å². The number of para-hydroxylation sites is 1. The van der Waals surface area contributed by atoms with Crippen LogP contribution in [0.4, 0.5) is 5.82 Å². The molecule has 4 aromatic rings. The van der Waals surface area contributed by atoms with Crippen molar-refractivity contribution in [2.45, 2.75) is 32.2 Å². The standard InChI is InChI=1S/C22H23N5O/c28-22-26(16-13-18-12-11-17-7-2-3-8-19(17)23-18)24-20-9-6-10-21(27(20)22)25-14-4-1-5-15-25/h2-3,6-12H,1,4-5,13-16H2. The van der Waals surface area contributed by atoms with Gasteiger partial charge in [-0.15, -0.1) is 5.10 Å². The van der Waals surface area contributed by atoms with Gasteiger partial charge in [0.25, 0.3) is 0 Å². The fourth-order valence-electron chi connectivity index (χ4n) is 4.03. The third kappa shape index (κ3) is 3.05. The number of benzene rings is 1. The number of pyridine rings is 2. The molecule has 1 aromatic carbocycles. The average Bonchev–Trinajstić information content (AvgIpc) is 3.08. The molecule has 0 spiro atoms. The highest BCUT2D eigenvalue weighted by Crippen LogP contribution is 2.19. The van der Waals surface area contributed by atoms with Crippen LogP contribution in [-0.4, -0.2) is 32.3 Å². The van der Waals surface area contributed by atoms with E-state index in [1.165, 1.54) is 19.3 Å². The van der Waals surface area contributed by atoms with E-state index in [1.54, 1.807) is 9.08 Å². The van der Waals surface area contributed by atoms with Crippen LogP contribution in [0.1, 0.15) is 25.0 Å². The molecule has 0 aliphatic carbocycles. The molecule has 4 heterocycles. The van der Waals surface area contributed by atoms with Gasteiger partial charge in [0.1, 0.15) is 5.82 Å². The van der Waals surface area contributed by atoms with E-state index in [0.717, 1.165) is 35.5 Å². The van der Waals surface area contributed by atoms with E-state index in [-0.39, 0.29) is 5.69 Å². The molecule has 0 saturated carbocycles. The lowest BCUT2D eigenvalue weighted by Crippen LogP contribution is -2.33. The van der Waals surface area contributed by atoms with Gasteiger partial charge in [-0.1, -0.05) is 30.3 Å². The smallest absolute Gasteiger partial charge is 0.352 e. The molecule has 1 fully saturated rings. The van der Waals surface area contributed by atoms with Gasteiger partial charge in [-0.3, -0.25) is 4.98 Å². The summed E-state index contributed by atoms with van der Waals surface area (Å²) < 4.78 is 3.32. The molecule has 0 N–H and O–H groups in total. The molecule has 0 bridgehead atoms. The van der Waals surface area contributed by atoms with Crippen LogP contribution >= 0.6 is 0 Å². The molecule has 5 rings (SSSR count). The molecule has 1 aliphatic heterocycles. The quantitative estimate of drug-likeness (QED) is 0.551. The number of rotatable bonds is 4. The summed E-state index contributed by atoms with van der Waals surface area (Å²) >= 11 is 0. The molecule has 1 saturated heterocycles. The Labute approximate surface area is 163 Å². The second-order valence-electron chi connectivity index (χ2n) is 7.38. The van der Waals surface area contributed by atoms with E-state index in [1.807, 2.05) is 42.5 Å². The van der Waals surface area contributed by atoms with Crippen LogP contribution in [0, 0.1) is 0 Å². The van der Waals surface area contributed by atoms with E-state index in [9.17, 15) is 4.79 Å². The number of piperidine rings is 1. The summed E-state index contributed by atoms with van der Waals surface area (Å²) in [6.07, 6.45) is 4.28. The van der Waals surface area contributed by atoms with Gasteiger partial charge in [0.05, 0.1) is 12.1 Å². The summed E-state index contributed by atoms with van der Waals surface area (Å²) in [6.45, 7) is 2.51. The Kier molecular flexibility index (Phi) is 4.31. The number of hydrogen-bond acceptors (Lipinski definition) is 4. The molecule has 0 unspecified atom stereocenters. The van der Waals surface area contributed by atoms with Gasteiger partial charge in [0.15, 0.2) is 5.65 Å². The average molecular weight is 373 g/mol. The topological polar surface area (TPSA) is 55.4 Å². The lowest BCUT2D eigenvalue weighted by molar-refractivity contribution is 0.566. The fourth-order valence-corrected chi connectivity index (χ4v) is 4.03. The van der Waals surface area contributed by atoms with Gasteiger partial charge in [-0.2, -0.15) is 0 Å². The van der Waals surface area contributed by atoms with Crippen molar-refractivity contribution >= 4 is 22.4 Å². The number of hydrogen-bond donors (Lipinski definition) is 0. The fraction of sp³-hybridized carbons (Fsp3) is 0.318. The van der Waals surface area contributed by atoms with Crippen molar-refractivity contribution < 1.29 is 0 Å². The Morgan fingerprint density at radius 1 is 0.893 bits per heavy atom. The minimum absolute atomic E-state index is 0.0723. The van der Waals surface area contributed by atoms with E-state index >= 15 is 0 Å². The third-order valence-corrected chi connectivity index (χ3v) is 5.50. The largest absolute Gasteiger partial charge is 0.358 e. The number of nitrogens with zero attached hydrogens (tertiary/aromatic N) is 5. The maximum absolute atomic E-state index is 13.0. The zero-order chi connectivity index (χ0) is 18.9. The summed E-state index contributed by atoms with van der Waals surface area (Å²) in [6, 6.07) is 18.1. The summed E-state index contributed by atoms with van der Waals surface area (Å²) in [5.74, 6) is 0.956. The van der Waals surface area contributed by atoms with Crippen LogP contribution in [0.3, 0.4) is 0 Å². The van der Waals surface area contributed by atoms with Gasteiger partial charge in [0, 0.05) is 30.6 Å². The second-order valence-corrected chi connectivity index (χ2v) is 7.38. The Balaban J connectivity index is 1.44.